The zero-order valence-corrected chi connectivity index (χ0v) is 26.6. The summed E-state index contributed by atoms with van der Waals surface area (Å²) < 4.78 is 0. The predicted molar refractivity (Wildman–Crippen MR) is 173 cm³/mol. The summed E-state index contributed by atoms with van der Waals surface area (Å²) in [4.78, 5) is 24.8. The van der Waals surface area contributed by atoms with Gasteiger partial charge >= 0.3 is 0 Å². The summed E-state index contributed by atoms with van der Waals surface area (Å²) in [5, 5.41) is 9.85. The van der Waals surface area contributed by atoms with Gasteiger partial charge < -0.3 is 10.6 Å². The van der Waals surface area contributed by atoms with Crippen molar-refractivity contribution in [2.24, 2.45) is 0 Å². The maximum absolute atomic E-state index is 12.4. The van der Waals surface area contributed by atoms with Crippen LogP contribution in [-0.4, -0.2) is 11.8 Å². The quantitative estimate of drug-likeness (QED) is 0.0998. The van der Waals surface area contributed by atoms with E-state index in [9.17, 15) is 9.59 Å². The zero-order chi connectivity index (χ0) is 28.2. The van der Waals surface area contributed by atoms with Crippen LogP contribution in [-0.2, 0) is 9.59 Å². The van der Waals surface area contributed by atoms with Gasteiger partial charge in [-0.15, -0.1) is 11.3 Å². The number of thiophene rings is 1. The molecule has 0 unspecified atom stereocenters. The number of hydrogen-bond donors (Lipinski definition) is 2. The van der Waals surface area contributed by atoms with Crippen molar-refractivity contribution in [2.75, 3.05) is 10.6 Å². The molecule has 1 heterocycles. The Morgan fingerprint density at radius 2 is 0.718 bits per heavy atom. The highest BCUT2D eigenvalue weighted by Gasteiger charge is 2.11. The number of unbranched alkanes of at least 4 members (excludes halogenated alkanes) is 22. The van der Waals surface area contributed by atoms with Crippen LogP contribution >= 0.6 is 11.3 Å². The Balaban J connectivity index is 2.01. The van der Waals surface area contributed by atoms with Crippen molar-refractivity contribution < 1.29 is 9.59 Å². The third-order valence-corrected chi connectivity index (χ3v) is 8.47. The molecule has 2 N–H and O–H groups in total. The van der Waals surface area contributed by atoms with Gasteiger partial charge in [-0.05, 0) is 12.8 Å². The maximum Gasteiger partial charge on any atom is 0.224 e. The topological polar surface area (TPSA) is 58.2 Å². The van der Waals surface area contributed by atoms with Crippen molar-refractivity contribution in [2.45, 2.75) is 181 Å². The first-order chi connectivity index (χ1) is 19.2. The molecule has 0 bridgehead atoms. The molecule has 0 atom stereocenters. The molecule has 0 saturated carbocycles. The first kappa shape index (κ1) is 35.7. The molecule has 39 heavy (non-hydrogen) atoms. The molecule has 0 fully saturated rings. The van der Waals surface area contributed by atoms with E-state index in [0.29, 0.717) is 12.8 Å². The number of carbonyl (C=O) groups is 2. The lowest BCUT2D eigenvalue weighted by Crippen LogP contribution is -2.15. The number of nitrogens with one attached hydrogen (secondary N) is 2. The molecule has 0 radical (unpaired) electrons. The minimum atomic E-state index is 0.0527. The van der Waals surface area contributed by atoms with Crippen LogP contribution in [0.25, 0.3) is 0 Å². The second-order valence-electron chi connectivity index (χ2n) is 11.6. The van der Waals surface area contributed by atoms with Gasteiger partial charge in [0.1, 0.15) is 0 Å². The number of carbonyl (C=O) groups excluding carboxylic acids is 2. The fourth-order valence-electron chi connectivity index (χ4n) is 5.17. The van der Waals surface area contributed by atoms with E-state index in [2.05, 4.69) is 24.5 Å². The SMILES string of the molecule is CCCCCCCCCCCCCCC(=O)Nc1cscc1NC(=O)CCCCCCCCCCCCCC. The van der Waals surface area contributed by atoms with Gasteiger partial charge in [0.2, 0.25) is 11.8 Å². The van der Waals surface area contributed by atoms with Crippen LogP contribution in [0, 0.1) is 0 Å². The lowest BCUT2D eigenvalue weighted by atomic mass is 10.0. The molecule has 0 aliphatic rings. The molecular weight excluding hydrogens is 500 g/mol. The number of rotatable bonds is 28. The molecule has 4 nitrogen and oxygen atoms in total. The molecule has 1 aromatic heterocycles. The molecule has 0 aromatic carbocycles. The maximum atomic E-state index is 12.4. The van der Waals surface area contributed by atoms with Crippen LogP contribution < -0.4 is 10.6 Å². The highest BCUT2D eigenvalue weighted by atomic mass is 32.1. The number of anilines is 2. The van der Waals surface area contributed by atoms with Crippen molar-refractivity contribution in [3.63, 3.8) is 0 Å². The summed E-state index contributed by atoms with van der Waals surface area (Å²) in [7, 11) is 0. The normalized spacial score (nSPS) is 11.1. The molecule has 0 saturated heterocycles. The molecule has 0 aliphatic heterocycles. The van der Waals surface area contributed by atoms with E-state index in [1.807, 2.05) is 10.8 Å². The Labute approximate surface area is 245 Å². The highest BCUT2D eigenvalue weighted by Crippen LogP contribution is 2.27. The van der Waals surface area contributed by atoms with E-state index < -0.39 is 0 Å². The third-order valence-electron chi connectivity index (χ3n) is 7.72. The Bertz CT molecular complexity index is 647. The van der Waals surface area contributed by atoms with Crippen LogP contribution in [0.5, 0.6) is 0 Å². The van der Waals surface area contributed by atoms with E-state index in [-0.39, 0.29) is 11.8 Å². The monoisotopic (exact) mass is 562 g/mol. The van der Waals surface area contributed by atoms with Gasteiger partial charge in [-0.1, -0.05) is 155 Å². The Morgan fingerprint density at radius 3 is 1.00 bits per heavy atom. The molecule has 0 spiro atoms. The van der Waals surface area contributed by atoms with E-state index >= 15 is 0 Å². The molecule has 1 rings (SSSR count). The first-order valence-electron chi connectivity index (χ1n) is 16.8. The van der Waals surface area contributed by atoms with E-state index in [4.69, 9.17) is 0 Å². The fourth-order valence-corrected chi connectivity index (χ4v) is 5.88. The average molecular weight is 563 g/mol. The van der Waals surface area contributed by atoms with Crippen molar-refractivity contribution in [3.05, 3.63) is 10.8 Å². The van der Waals surface area contributed by atoms with E-state index in [0.717, 1.165) is 37.1 Å². The number of amides is 2. The van der Waals surface area contributed by atoms with E-state index in [1.54, 1.807) is 0 Å². The summed E-state index contributed by atoms with van der Waals surface area (Å²) in [5.74, 6) is 0.105. The van der Waals surface area contributed by atoms with Crippen LogP contribution in [0.4, 0.5) is 11.4 Å². The minimum Gasteiger partial charge on any atom is -0.324 e. The summed E-state index contributed by atoms with van der Waals surface area (Å²) in [6.07, 6.45) is 32.2. The highest BCUT2D eigenvalue weighted by molar-refractivity contribution is 7.09. The smallest absolute Gasteiger partial charge is 0.224 e. The lowest BCUT2D eigenvalue weighted by Gasteiger charge is -2.09. The Kier molecular flexibility index (Phi) is 24.5. The molecule has 2 amide bonds. The van der Waals surface area contributed by atoms with Gasteiger partial charge in [-0.2, -0.15) is 0 Å². The van der Waals surface area contributed by atoms with Gasteiger partial charge in [0.15, 0.2) is 0 Å². The molecule has 0 aliphatic carbocycles. The summed E-state index contributed by atoms with van der Waals surface area (Å²) >= 11 is 1.51. The first-order valence-corrected chi connectivity index (χ1v) is 17.8. The summed E-state index contributed by atoms with van der Waals surface area (Å²) in [5.41, 5.74) is 1.49. The van der Waals surface area contributed by atoms with Crippen LogP contribution in [0.3, 0.4) is 0 Å². The van der Waals surface area contributed by atoms with Crippen molar-refractivity contribution in [1.82, 2.24) is 0 Å². The van der Waals surface area contributed by atoms with Crippen molar-refractivity contribution in [1.29, 1.82) is 0 Å². The van der Waals surface area contributed by atoms with Gasteiger partial charge in [0, 0.05) is 23.6 Å². The number of hydrogen-bond acceptors (Lipinski definition) is 3. The molecule has 226 valence electrons. The van der Waals surface area contributed by atoms with Crippen molar-refractivity contribution in [3.8, 4) is 0 Å². The summed E-state index contributed by atoms with van der Waals surface area (Å²) in [6.45, 7) is 4.54. The van der Waals surface area contributed by atoms with Crippen LogP contribution in [0.2, 0.25) is 0 Å². The van der Waals surface area contributed by atoms with Crippen molar-refractivity contribution >= 4 is 34.5 Å². The molecule has 1 aromatic rings. The summed E-state index contributed by atoms with van der Waals surface area (Å²) in [6, 6.07) is 0. The Hall–Kier alpha value is -1.36. The fraction of sp³-hybridized carbons (Fsp3) is 0.824. The Morgan fingerprint density at radius 1 is 0.462 bits per heavy atom. The molecule has 5 heteroatoms. The zero-order valence-electron chi connectivity index (χ0n) is 25.8. The minimum absolute atomic E-state index is 0.0527. The van der Waals surface area contributed by atoms with Gasteiger partial charge in [0.05, 0.1) is 11.4 Å². The average Bonchev–Trinajstić information content (AvgIpc) is 3.35. The van der Waals surface area contributed by atoms with Crippen LogP contribution in [0.1, 0.15) is 181 Å². The standard InChI is InChI=1S/C34H62N2O2S/c1-3-5-7-9-11-13-15-17-19-21-23-25-27-33(37)35-31-29-39-30-32(31)36-34(38)28-26-24-22-20-18-16-14-12-10-8-6-4-2/h29-30H,3-28H2,1-2H3,(H,35,37)(H,36,38). The van der Waals surface area contributed by atoms with Gasteiger partial charge in [-0.25, -0.2) is 0 Å². The third kappa shape index (κ3) is 22.1. The second kappa shape index (κ2) is 26.8. The predicted octanol–water partition coefficient (Wildman–Crippen LogP) is 11.8. The van der Waals surface area contributed by atoms with E-state index in [1.165, 1.54) is 140 Å². The van der Waals surface area contributed by atoms with Gasteiger partial charge in [-0.3, -0.25) is 9.59 Å². The second-order valence-corrected chi connectivity index (χ2v) is 12.3. The van der Waals surface area contributed by atoms with Gasteiger partial charge in [0.25, 0.3) is 0 Å². The van der Waals surface area contributed by atoms with Crippen LogP contribution in [0.15, 0.2) is 10.8 Å². The lowest BCUT2D eigenvalue weighted by molar-refractivity contribution is -0.117. The largest absolute Gasteiger partial charge is 0.324 e. The molecular formula is C34H62N2O2S.